The van der Waals surface area contributed by atoms with Crippen LogP contribution in [0, 0.1) is 0 Å². The number of hydrogen-bond donors (Lipinski definition) is 1. The summed E-state index contributed by atoms with van der Waals surface area (Å²) in [6.07, 6.45) is 0.576. The van der Waals surface area contributed by atoms with Gasteiger partial charge >= 0.3 is 12.1 Å². The number of alkyl halides is 3. The normalized spacial score (nSPS) is 21.6. The van der Waals surface area contributed by atoms with Gasteiger partial charge in [0.2, 0.25) is 0 Å². The van der Waals surface area contributed by atoms with Crippen molar-refractivity contribution in [2.24, 2.45) is 7.05 Å². The number of likely N-dealkylation sites (tertiary alicyclic amines) is 2. The van der Waals surface area contributed by atoms with E-state index in [1.807, 2.05) is 24.6 Å². The summed E-state index contributed by atoms with van der Waals surface area (Å²) in [5, 5.41) is 13.4. The molecule has 4 rings (SSSR count). The average Bonchev–Trinajstić information content (AvgIpc) is 3.41. The van der Waals surface area contributed by atoms with Crippen LogP contribution in [0.1, 0.15) is 28.1 Å². The molecular weight excluding hydrogens is 409 g/mol. The van der Waals surface area contributed by atoms with Crippen LogP contribution in [0.5, 0.6) is 0 Å². The third-order valence-electron chi connectivity index (χ3n) is 5.09. The Balaban J connectivity index is 0.000000298. The molecular formula is C18H21F3N4O3S. The van der Waals surface area contributed by atoms with Crippen molar-refractivity contribution in [1.29, 1.82) is 0 Å². The Morgan fingerprint density at radius 2 is 1.97 bits per heavy atom. The Morgan fingerprint density at radius 3 is 2.52 bits per heavy atom. The predicted molar refractivity (Wildman–Crippen MR) is 99.5 cm³/mol. The monoisotopic (exact) mass is 430 g/mol. The molecule has 2 aliphatic heterocycles. The Bertz CT molecular complexity index is 853. The lowest BCUT2D eigenvalue weighted by molar-refractivity contribution is -0.192. The Kier molecular flexibility index (Phi) is 6.27. The number of halogens is 3. The minimum absolute atomic E-state index is 0.138. The molecule has 158 valence electrons. The van der Waals surface area contributed by atoms with Crippen molar-refractivity contribution in [2.45, 2.75) is 37.6 Å². The first kappa shape index (κ1) is 21.3. The Morgan fingerprint density at radius 1 is 1.28 bits per heavy atom. The number of carbonyl (C=O) groups excluding carboxylic acids is 1. The van der Waals surface area contributed by atoms with Crippen LogP contribution in [-0.4, -0.2) is 67.9 Å². The first-order valence-corrected chi connectivity index (χ1v) is 9.91. The molecule has 0 radical (unpaired) electrons. The van der Waals surface area contributed by atoms with Crippen molar-refractivity contribution in [2.75, 3.05) is 13.1 Å². The van der Waals surface area contributed by atoms with Crippen LogP contribution in [0.4, 0.5) is 13.2 Å². The predicted octanol–water partition coefficient (Wildman–Crippen LogP) is 2.60. The number of nitrogens with zero attached hydrogens (tertiary/aromatic N) is 4. The van der Waals surface area contributed by atoms with Gasteiger partial charge in [-0.2, -0.15) is 18.3 Å². The van der Waals surface area contributed by atoms with Crippen LogP contribution in [-0.2, 0) is 18.4 Å². The van der Waals surface area contributed by atoms with Crippen molar-refractivity contribution in [3.8, 4) is 0 Å². The van der Waals surface area contributed by atoms with Crippen LogP contribution < -0.4 is 0 Å². The molecule has 1 amide bonds. The van der Waals surface area contributed by atoms with Crippen LogP contribution in [0.3, 0.4) is 0 Å². The zero-order valence-electron chi connectivity index (χ0n) is 15.7. The zero-order chi connectivity index (χ0) is 21.2. The molecule has 0 spiro atoms. The molecule has 0 saturated carbocycles. The number of rotatable bonds is 3. The maximum absolute atomic E-state index is 12.7. The molecule has 29 heavy (non-hydrogen) atoms. The number of aromatic nitrogens is 2. The molecule has 2 aromatic heterocycles. The van der Waals surface area contributed by atoms with E-state index >= 15 is 0 Å². The fraction of sp³-hybridized carbons (Fsp3) is 0.500. The topological polar surface area (TPSA) is 78.7 Å². The van der Waals surface area contributed by atoms with Gasteiger partial charge in [-0.05, 0) is 24.3 Å². The van der Waals surface area contributed by atoms with Gasteiger partial charge in [-0.3, -0.25) is 14.4 Å². The number of hydrogen-bond acceptors (Lipinski definition) is 5. The molecule has 2 aliphatic rings. The van der Waals surface area contributed by atoms with Crippen LogP contribution in [0.25, 0.3) is 0 Å². The van der Waals surface area contributed by atoms with E-state index in [1.54, 1.807) is 10.9 Å². The maximum atomic E-state index is 12.7. The second kappa shape index (κ2) is 8.54. The van der Waals surface area contributed by atoms with Crippen LogP contribution in [0.2, 0.25) is 0 Å². The minimum Gasteiger partial charge on any atom is -0.475 e. The van der Waals surface area contributed by atoms with Gasteiger partial charge in [0, 0.05) is 49.8 Å². The molecule has 2 aromatic rings. The van der Waals surface area contributed by atoms with Crippen LogP contribution in [0.15, 0.2) is 29.9 Å². The number of amides is 1. The van der Waals surface area contributed by atoms with E-state index in [1.165, 1.54) is 4.88 Å². The lowest BCUT2D eigenvalue weighted by Gasteiger charge is -2.25. The molecule has 7 nitrogen and oxygen atoms in total. The second-order valence-corrected chi connectivity index (χ2v) is 8.00. The number of aryl methyl sites for hydroxylation is 1. The zero-order valence-corrected chi connectivity index (χ0v) is 16.5. The summed E-state index contributed by atoms with van der Waals surface area (Å²) in [7, 11) is 1.85. The molecule has 2 atom stereocenters. The number of thiophene rings is 1. The summed E-state index contributed by atoms with van der Waals surface area (Å²) >= 11 is 1.82. The lowest BCUT2D eigenvalue weighted by Crippen LogP contribution is -2.39. The van der Waals surface area contributed by atoms with Crippen LogP contribution >= 0.6 is 11.3 Å². The van der Waals surface area contributed by atoms with E-state index in [0.29, 0.717) is 17.6 Å². The van der Waals surface area contributed by atoms with Gasteiger partial charge in [-0.15, -0.1) is 11.3 Å². The smallest absolute Gasteiger partial charge is 0.475 e. The molecule has 0 aliphatic carbocycles. The fourth-order valence-corrected chi connectivity index (χ4v) is 4.55. The largest absolute Gasteiger partial charge is 0.490 e. The van der Waals surface area contributed by atoms with Crippen molar-refractivity contribution >= 4 is 23.2 Å². The lowest BCUT2D eigenvalue weighted by atomic mass is 10.1. The summed E-state index contributed by atoms with van der Waals surface area (Å²) in [5.41, 5.74) is 0.708. The molecule has 0 unspecified atom stereocenters. The maximum Gasteiger partial charge on any atom is 0.490 e. The van der Waals surface area contributed by atoms with E-state index in [0.717, 1.165) is 32.5 Å². The SMILES string of the molecule is Cn1cc(C(=O)N2CC[C@@H]3[C@@H]2CCN3Cc2cccs2)cn1.O=C(O)C(F)(F)F. The molecule has 0 bridgehead atoms. The summed E-state index contributed by atoms with van der Waals surface area (Å²) in [6.45, 7) is 2.97. The number of carbonyl (C=O) groups is 2. The van der Waals surface area contributed by atoms with Gasteiger partial charge in [-0.1, -0.05) is 6.07 Å². The van der Waals surface area contributed by atoms with E-state index in [2.05, 4.69) is 32.4 Å². The van der Waals surface area contributed by atoms with Gasteiger partial charge < -0.3 is 10.0 Å². The summed E-state index contributed by atoms with van der Waals surface area (Å²) < 4.78 is 33.4. The fourth-order valence-electron chi connectivity index (χ4n) is 3.82. The first-order chi connectivity index (χ1) is 13.7. The second-order valence-electron chi connectivity index (χ2n) is 6.97. The highest BCUT2D eigenvalue weighted by Crippen LogP contribution is 2.34. The van der Waals surface area contributed by atoms with Gasteiger partial charge in [0.1, 0.15) is 0 Å². The Hall–Kier alpha value is -2.40. The third kappa shape index (κ3) is 4.96. The molecule has 0 aromatic carbocycles. The van der Waals surface area contributed by atoms with Crippen molar-refractivity contribution in [3.05, 3.63) is 40.3 Å². The van der Waals surface area contributed by atoms with Gasteiger partial charge in [-0.25, -0.2) is 4.79 Å². The number of carboxylic acid groups (broad SMARTS) is 1. The molecule has 1 N–H and O–H groups in total. The first-order valence-electron chi connectivity index (χ1n) is 9.03. The molecule has 2 fully saturated rings. The number of carboxylic acids is 1. The van der Waals surface area contributed by atoms with Gasteiger partial charge in [0.05, 0.1) is 11.8 Å². The summed E-state index contributed by atoms with van der Waals surface area (Å²) in [4.78, 5) is 27.6. The molecule has 11 heteroatoms. The van der Waals surface area contributed by atoms with E-state index in [-0.39, 0.29) is 5.91 Å². The third-order valence-corrected chi connectivity index (χ3v) is 5.95. The van der Waals surface area contributed by atoms with Crippen molar-refractivity contribution in [3.63, 3.8) is 0 Å². The standard InChI is InChI=1S/C16H20N4OS.C2HF3O2/c1-18-10-12(9-17-18)16(21)20-7-5-14-15(20)4-6-19(14)11-13-3-2-8-22-13;3-2(4,5)1(6)7/h2-3,8-10,14-15H,4-7,11H2,1H3;(H,6,7)/t14-,15+;/m1./s1. The quantitative estimate of drug-likeness (QED) is 0.810. The summed E-state index contributed by atoms with van der Waals surface area (Å²) in [5.74, 6) is -2.62. The van der Waals surface area contributed by atoms with E-state index in [4.69, 9.17) is 9.90 Å². The van der Waals surface area contributed by atoms with E-state index < -0.39 is 12.1 Å². The van der Waals surface area contributed by atoms with E-state index in [9.17, 15) is 18.0 Å². The van der Waals surface area contributed by atoms with Crippen molar-refractivity contribution in [1.82, 2.24) is 19.6 Å². The Labute approximate surface area is 169 Å². The van der Waals surface area contributed by atoms with Gasteiger partial charge in [0.15, 0.2) is 0 Å². The highest BCUT2D eigenvalue weighted by Gasteiger charge is 2.44. The highest BCUT2D eigenvalue weighted by molar-refractivity contribution is 7.09. The summed E-state index contributed by atoms with van der Waals surface area (Å²) in [6, 6.07) is 5.20. The highest BCUT2D eigenvalue weighted by atomic mass is 32.1. The molecule has 2 saturated heterocycles. The minimum atomic E-state index is -5.08. The molecule has 4 heterocycles. The number of aliphatic carboxylic acids is 1. The van der Waals surface area contributed by atoms with Crippen molar-refractivity contribution < 1.29 is 27.9 Å². The number of fused-ring (bicyclic) bond motifs is 1. The average molecular weight is 430 g/mol. The van der Waals surface area contributed by atoms with Gasteiger partial charge in [0.25, 0.3) is 5.91 Å².